The molecule has 2 aromatic heterocycles. The van der Waals surface area contributed by atoms with Crippen LogP contribution in [0.2, 0.25) is 0 Å². The summed E-state index contributed by atoms with van der Waals surface area (Å²) in [7, 11) is 0. The van der Waals surface area contributed by atoms with E-state index in [1.165, 1.54) is 21.8 Å². The fraction of sp³-hybridized carbons (Fsp3) is 0.348. The second kappa shape index (κ2) is 9.11. The molecule has 1 saturated heterocycles. The Balaban J connectivity index is 1.29. The summed E-state index contributed by atoms with van der Waals surface area (Å²) in [5.74, 6) is 1.04. The van der Waals surface area contributed by atoms with Crippen LogP contribution in [0.4, 0.5) is 0 Å². The third kappa shape index (κ3) is 5.07. The van der Waals surface area contributed by atoms with E-state index in [-0.39, 0.29) is 5.91 Å². The summed E-state index contributed by atoms with van der Waals surface area (Å²) < 4.78 is 5.96. The summed E-state index contributed by atoms with van der Waals surface area (Å²) in [6.45, 7) is 9.04. The first kappa shape index (κ1) is 20.1. The molecule has 0 N–H and O–H groups in total. The molecular formula is C23H26N2O2S2. The van der Waals surface area contributed by atoms with Crippen LogP contribution >= 0.6 is 22.7 Å². The first-order chi connectivity index (χ1) is 14.1. The van der Waals surface area contributed by atoms with Gasteiger partial charge in [-0.05, 0) is 48.4 Å². The van der Waals surface area contributed by atoms with E-state index < -0.39 is 0 Å². The Morgan fingerprint density at radius 1 is 1.07 bits per heavy atom. The predicted molar refractivity (Wildman–Crippen MR) is 120 cm³/mol. The van der Waals surface area contributed by atoms with Gasteiger partial charge >= 0.3 is 0 Å². The Morgan fingerprint density at radius 2 is 1.90 bits per heavy atom. The fourth-order valence-electron chi connectivity index (χ4n) is 3.57. The Kier molecular flexibility index (Phi) is 6.33. The molecule has 3 aromatic rings. The summed E-state index contributed by atoms with van der Waals surface area (Å²) in [5.41, 5.74) is 3.42. The molecule has 0 unspecified atom stereocenters. The van der Waals surface area contributed by atoms with E-state index in [0.717, 1.165) is 54.5 Å². The lowest BCUT2D eigenvalue weighted by atomic mass is 10.1. The van der Waals surface area contributed by atoms with E-state index in [1.807, 2.05) is 22.4 Å². The molecule has 0 aliphatic carbocycles. The average molecular weight is 427 g/mol. The maximum Gasteiger partial charge on any atom is 0.264 e. The fourth-order valence-corrected chi connectivity index (χ4v) is 5.18. The standard InChI is InChI=1S/C23H26N2O2S2/c1-17-5-6-21(18(2)12-17)27-15-19-13-22(29-16-19)23(26)25-9-7-24(8-10-25)14-20-4-3-11-28-20/h3-6,11-13,16H,7-10,14-15H2,1-2H3. The summed E-state index contributed by atoms with van der Waals surface area (Å²) in [6.07, 6.45) is 0. The molecule has 1 amide bonds. The van der Waals surface area contributed by atoms with E-state index >= 15 is 0 Å². The molecular weight excluding hydrogens is 400 g/mol. The number of amides is 1. The van der Waals surface area contributed by atoms with Crippen molar-refractivity contribution in [2.75, 3.05) is 26.2 Å². The predicted octanol–water partition coefficient (Wildman–Crippen LogP) is 4.96. The van der Waals surface area contributed by atoms with E-state index in [0.29, 0.717) is 6.61 Å². The molecule has 1 aliphatic rings. The van der Waals surface area contributed by atoms with Crippen molar-refractivity contribution in [3.8, 4) is 5.75 Å². The SMILES string of the molecule is Cc1ccc(OCc2csc(C(=O)N3CCN(Cc4cccs4)CC3)c2)c(C)c1. The highest BCUT2D eigenvalue weighted by Crippen LogP contribution is 2.23. The van der Waals surface area contributed by atoms with Gasteiger partial charge in [-0.1, -0.05) is 23.8 Å². The van der Waals surface area contributed by atoms with Crippen molar-refractivity contribution in [2.24, 2.45) is 0 Å². The molecule has 4 rings (SSSR count). The number of carbonyl (C=O) groups excluding carboxylic acids is 1. The maximum atomic E-state index is 12.9. The minimum absolute atomic E-state index is 0.142. The smallest absolute Gasteiger partial charge is 0.264 e. The zero-order valence-electron chi connectivity index (χ0n) is 16.9. The van der Waals surface area contributed by atoms with E-state index in [4.69, 9.17) is 4.74 Å². The Hall–Kier alpha value is -2.15. The number of rotatable bonds is 6. The zero-order valence-corrected chi connectivity index (χ0v) is 18.5. The third-order valence-corrected chi connectivity index (χ3v) is 7.04. The Morgan fingerprint density at radius 3 is 2.62 bits per heavy atom. The minimum Gasteiger partial charge on any atom is -0.489 e. The van der Waals surface area contributed by atoms with Gasteiger partial charge in [0.05, 0.1) is 4.88 Å². The monoisotopic (exact) mass is 426 g/mol. The lowest BCUT2D eigenvalue weighted by Gasteiger charge is -2.34. The molecule has 0 bridgehead atoms. The van der Waals surface area contributed by atoms with Crippen molar-refractivity contribution in [1.82, 2.24) is 9.80 Å². The van der Waals surface area contributed by atoms with Gasteiger partial charge < -0.3 is 9.64 Å². The molecule has 4 nitrogen and oxygen atoms in total. The number of ether oxygens (including phenoxy) is 1. The molecule has 1 aromatic carbocycles. The van der Waals surface area contributed by atoms with Crippen molar-refractivity contribution in [3.05, 3.63) is 73.6 Å². The van der Waals surface area contributed by atoms with Crippen molar-refractivity contribution >= 4 is 28.6 Å². The van der Waals surface area contributed by atoms with Crippen molar-refractivity contribution in [3.63, 3.8) is 0 Å². The Bertz CT molecular complexity index is 957. The number of carbonyl (C=O) groups is 1. The van der Waals surface area contributed by atoms with Crippen LogP contribution < -0.4 is 4.74 Å². The lowest BCUT2D eigenvalue weighted by molar-refractivity contribution is 0.0634. The van der Waals surface area contributed by atoms with Gasteiger partial charge in [-0.15, -0.1) is 22.7 Å². The van der Waals surface area contributed by atoms with E-state index in [9.17, 15) is 4.79 Å². The molecule has 0 radical (unpaired) electrons. The van der Waals surface area contributed by atoms with Crippen molar-refractivity contribution in [1.29, 1.82) is 0 Å². The van der Waals surface area contributed by atoms with E-state index in [1.54, 1.807) is 11.3 Å². The largest absolute Gasteiger partial charge is 0.489 e. The highest BCUT2D eigenvalue weighted by atomic mass is 32.1. The summed E-state index contributed by atoms with van der Waals surface area (Å²) >= 11 is 3.31. The van der Waals surface area contributed by atoms with Gasteiger partial charge in [0.2, 0.25) is 0 Å². The van der Waals surface area contributed by atoms with Crippen LogP contribution in [0.1, 0.15) is 31.2 Å². The average Bonchev–Trinajstić information content (AvgIpc) is 3.39. The van der Waals surface area contributed by atoms with Crippen LogP contribution in [0.15, 0.2) is 47.2 Å². The van der Waals surface area contributed by atoms with Gasteiger partial charge in [0.25, 0.3) is 5.91 Å². The van der Waals surface area contributed by atoms with Crippen LogP contribution in [-0.4, -0.2) is 41.9 Å². The molecule has 3 heterocycles. The topological polar surface area (TPSA) is 32.8 Å². The van der Waals surface area contributed by atoms with Crippen LogP contribution in [0.25, 0.3) is 0 Å². The number of benzene rings is 1. The van der Waals surface area contributed by atoms with Crippen LogP contribution in [0, 0.1) is 13.8 Å². The van der Waals surface area contributed by atoms with Crippen molar-refractivity contribution in [2.45, 2.75) is 27.0 Å². The first-order valence-electron chi connectivity index (χ1n) is 9.90. The van der Waals surface area contributed by atoms with Crippen LogP contribution in [0.3, 0.4) is 0 Å². The highest BCUT2D eigenvalue weighted by molar-refractivity contribution is 7.12. The molecule has 1 aliphatic heterocycles. The maximum absolute atomic E-state index is 12.9. The summed E-state index contributed by atoms with van der Waals surface area (Å²) in [4.78, 5) is 19.5. The number of hydrogen-bond donors (Lipinski definition) is 0. The number of piperazine rings is 1. The number of nitrogens with zero attached hydrogens (tertiary/aromatic N) is 2. The molecule has 6 heteroatoms. The number of hydrogen-bond acceptors (Lipinski definition) is 5. The molecule has 0 atom stereocenters. The first-order valence-corrected chi connectivity index (χ1v) is 11.7. The second-order valence-corrected chi connectivity index (χ2v) is 9.47. The summed E-state index contributed by atoms with van der Waals surface area (Å²) in [6, 6.07) is 12.4. The molecule has 29 heavy (non-hydrogen) atoms. The normalized spacial score (nSPS) is 14.9. The molecule has 0 spiro atoms. The van der Waals surface area contributed by atoms with Gasteiger partial charge in [-0.3, -0.25) is 9.69 Å². The second-order valence-electron chi connectivity index (χ2n) is 7.52. The quantitative estimate of drug-likeness (QED) is 0.558. The van der Waals surface area contributed by atoms with Gasteiger partial charge in [0.15, 0.2) is 0 Å². The minimum atomic E-state index is 0.142. The number of aryl methyl sites for hydroxylation is 2. The van der Waals surface area contributed by atoms with Crippen LogP contribution in [-0.2, 0) is 13.2 Å². The number of thiophene rings is 2. The molecule has 1 fully saturated rings. The molecule has 152 valence electrons. The zero-order chi connectivity index (χ0) is 20.2. The van der Waals surface area contributed by atoms with Gasteiger partial charge in [-0.2, -0.15) is 0 Å². The third-order valence-electron chi connectivity index (χ3n) is 5.21. The van der Waals surface area contributed by atoms with E-state index in [2.05, 4.69) is 48.4 Å². The highest BCUT2D eigenvalue weighted by Gasteiger charge is 2.23. The van der Waals surface area contributed by atoms with Gasteiger partial charge in [0, 0.05) is 43.2 Å². The van der Waals surface area contributed by atoms with Gasteiger partial charge in [0.1, 0.15) is 12.4 Å². The van der Waals surface area contributed by atoms with Gasteiger partial charge in [-0.25, -0.2) is 0 Å². The van der Waals surface area contributed by atoms with Crippen molar-refractivity contribution < 1.29 is 9.53 Å². The van der Waals surface area contributed by atoms with Crippen LogP contribution in [0.5, 0.6) is 5.75 Å². The Labute approximate surface area is 180 Å². The lowest BCUT2D eigenvalue weighted by Crippen LogP contribution is -2.48. The molecule has 0 saturated carbocycles. The summed E-state index contributed by atoms with van der Waals surface area (Å²) in [5, 5.41) is 4.15.